The number of carbonyl (C=O) groups is 1. The van der Waals surface area contributed by atoms with Crippen molar-refractivity contribution in [2.24, 2.45) is 0 Å². The lowest BCUT2D eigenvalue weighted by molar-refractivity contribution is -0.112. The van der Waals surface area contributed by atoms with E-state index in [-0.39, 0.29) is 5.57 Å². The van der Waals surface area contributed by atoms with Crippen molar-refractivity contribution >= 4 is 56.1 Å². The summed E-state index contributed by atoms with van der Waals surface area (Å²) in [5.74, 6) is -0.449. The van der Waals surface area contributed by atoms with Crippen LogP contribution >= 0.6 is 27.5 Å². The second-order valence-electron chi connectivity index (χ2n) is 6.99. The first kappa shape index (κ1) is 20.9. The number of rotatable bonds is 5. The van der Waals surface area contributed by atoms with Crippen molar-refractivity contribution in [3.05, 3.63) is 105 Å². The summed E-state index contributed by atoms with van der Waals surface area (Å²) < 4.78 is 2.95. The maximum absolute atomic E-state index is 12.7. The predicted molar refractivity (Wildman–Crippen MR) is 129 cm³/mol. The number of carbonyl (C=O) groups excluding carboxylic acids is 1. The predicted octanol–water partition coefficient (Wildman–Crippen LogP) is 6.65. The lowest BCUT2D eigenvalue weighted by atomic mass is 10.1. The van der Waals surface area contributed by atoms with Crippen molar-refractivity contribution in [1.82, 2.24) is 4.57 Å². The van der Waals surface area contributed by atoms with Gasteiger partial charge in [0.1, 0.15) is 11.6 Å². The van der Waals surface area contributed by atoms with Gasteiger partial charge >= 0.3 is 0 Å². The van der Waals surface area contributed by atoms with Gasteiger partial charge in [-0.25, -0.2) is 0 Å². The van der Waals surface area contributed by atoms with Gasteiger partial charge in [0.2, 0.25) is 0 Å². The SMILES string of the molecule is N#C/C(=C/c1cn(Cc2ccc(Cl)cc2)c2ccccc12)C(=O)Nc1cccc(Br)c1. The molecule has 0 aliphatic rings. The number of hydrogen-bond acceptors (Lipinski definition) is 2. The number of para-hydroxylation sites is 1. The van der Waals surface area contributed by atoms with E-state index in [9.17, 15) is 10.1 Å². The Morgan fingerprint density at radius 1 is 1.10 bits per heavy atom. The molecule has 0 aliphatic heterocycles. The van der Waals surface area contributed by atoms with Gasteiger partial charge in [-0.1, -0.05) is 63.9 Å². The van der Waals surface area contributed by atoms with Crippen LogP contribution in [-0.4, -0.2) is 10.5 Å². The molecule has 0 saturated carbocycles. The number of halogens is 2. The molecule has 0 unspecified atom stereocenters. The molecule has 152 valence electrons. The molecule has 3 aromatic carbocycles. The van der Waals surface area contributed by atoms with Crippen molar-refractivity contribution in [2.75, 3.05) is 5.32 Å². The van der Waals surface area contributed by atoms with Crippen molar-refractivity contribution in [2.45, 2.75) is 6.54 Å². The summed E-state index contributed by atoms with van der Waals surface area (Å²) in [6, 6.07) is 24.9. The monoisotopic (exact) mass is 489 g/mol. The van der Waals surface area contributed by atoms with Gasteiger partial charge in [-0.3, -0.25) is 4.79 Å². The van der Waals surface area contributed by atoms with Crippen molar-refractivity contribution in [1.29, 1.82) is 5.26 Å². The first-order valence-electron chi connectivity index (χ1n) is 9.54. The van der Waals surface area contributed by atoms with E-state index in [1.54, 1.807) is 18.2 Å². The molecule has 31 heavy (non-hydrogen) atoms. The molecular formula is C25H17BrClN3O. The van der Waals surface area contributed by atoms with Crippen LogP contribution in [0.1, 0.15) is 11.1 Å². The standard InChI is InChI=1S/C25H17BrClN3O/c26-20-4-3-5-22(13-20)29-25(31)18(14-28)12-19-16-30(24-7-2-1-6-23(19)24)15-17-8-10-21(27)11-9-17/h1-13,16H,15H2,(H,29,31)/b18-12-. The number of nitrogens with one attached hydrogen (secondary N) is 1. The van der Waals surface area contributed by atoms with Gasteiger partial charge in [-0.2, -0.15) is 5.26 Å². The normalized spacial score (nSPS) is 11.3. The maximum Gasteiger partial charge on any atom is 0.266 e. The second kappa shape index (κ2) is 9.22. The highest BCUT2D eigenvalue weighted by Crippen LogP contribution is 2.25. The summed E-state index contributed by atoms with van der Waals surface area (Å²) in [5, 5.41) is 14.1. The topological polar surface area (TPSA) is 57.8 Å². The van der Waals surface area contributed by atoms with Gasteiger partial charge in [0.05, 0.1) is 0 Å². The highest BCUT2D eigenvalue weighted by Gasteiger charge is 2.13. The van der Waals surface area contributed by atoms with Crippen molar-refractivity contribution in [3.8, 4) is 6.07 Å². The average Bonchev–Trinajstić information content (AvgIpc) is 3.11. The smallest absolute Gasteiger partial charge is 0.266 e. The molecule has 0 fully saturated rings. The fourth-order valence-corrected chi connectivity index (χ4v) is 3.90. The molecule has 0 spiro atoms. The molecule has 6 heteroatoms. The fourth-order valence-electron chi connectivity index (χ4n) is 3.38. The third kappa shape index (κ3) is 4.88. The second-order valence-corrected chi connectivity index (χ2v) is 8.34. The molecule has 1 heterocycles. The Kier molecular flexibility index (Phi) is 6.22. The van der Waals surface area contributed by atoms with E-state index in [0.29, 0.717) is 17.3 Å². The third-order valence-corrected chi connectivity index (χ3v) is 5.58. The number of fused-ring (bicyclic) bond motifs is 1. The number of aromatic nitrogens is 1. The molecule has 0 aliphatic carbocycles. The molecule has 0 bridgehead atoms. The lowest BCUT2D eigenvalue weighted by Crippen LogP contribution is -2.13. The van der Waals surface area contributed by atoms with E-state index in [0.717, 1.165) is 26.5 Å². The quantitative estimate of drug-likeness (QED) is 0.251. The van der Waals surface area contributed by atoms with Crippen LogP contribution < -0.4 is 5.32 Å². The number of benzene rings is 3. The molecule has 4 rings (SSSR count). The van der Waals surface area contributed by atoms with Gasteiger partial charge in [0, 0.05) is 44.4 Å². The van der Waals surface area contributed by atoms with Crippen LogP contribution in [-0.2, 0) is 11.3 Å². The summed E-state index contributed by atoms with van der Waals surface area (Å²) in [7, 11) is 0. The molecule has 1 N–H and O–H groups in total. The van der Waals surface area contributed by atoms with E-state index in [4.69, 9.17) is 11.6 Å². The van der Waals surface area contributed by atoms with Crippen LogP contribution in [0, 0.1) is 11.3 Å². The van der Waals surface area contributed by atoms with Crippen LogP contribution in [0.3, 0.4) is 0 Å². The average molecular weight is 491 g/mol. The van der Waals surface area contributed by atoms with Crippen molar-refractivity contribution < 1.29 is 4.79 Å². The molecular weight excluding hydrogens is 474 g/mol. The Balaban J connectivity index is 1.67. The molecule has 4 nitrogen and oxygen atoms in total. The van der Waals surface area contributed by atoms with Gasteiger partial charge in [0.25, 0.3) is 5.91 Å². The summed E-state index contributed by atoms with van der Waals surface area (Å²) >= 11 is 9.38. The number of hydrogen-bond donors (Lipinski definition) is 1. The zero-order chi connectivity index (χ0) is 21.8. The zero-order valence-electron chi connectivity index (χ0n) is 16.3. The Labute approximate surface area is 193 Å². The molecule has 4 aromatic rings. The Morgan fingerprint density at radius 2 is 1.87 bits per heavy atom. The summed E-state index contributed by atoms with van der Waals surface area (Å²) in [5.41, 5.74) is 3.59. The summed E-state index contributed by atoms with van der Waals surface area (Å²) in [6.45, 7) is 0.650. The highest BCUT2D eigenvalue weighted by molar-refractivity contribution is 9.10. The minimum Gasteiger partial charge on any atom is -0.342 e. The zero-order valence-corrected chi connectivity index (χ0v) is 18.7. The fraction of sp³-hybridized carbons (Fsp3) is 0.0400. The number of anilines is 1. The van der Waals surface area contributed by atoms with Crippen LogP contribution in [0.15, 0.2) is 89.0 Å². The third-order valence-electron chi connectivity index (χ3n) is 4.83. The van der Waals surface area contributed by atoms with E-state index in [1.165, 1.54) is 0 Å². The molecule has 1 aromatic heterocycles. The summed E-state index contributed by atoms with van der Waals surface area (Å²) in [6.07, 6.45) is 3.59. The maximum atomic E-state index is 12.7. The number of nitrogens with zero attached hydrogens (tertiary/aromatic N) is 2. The Bertz CT molecular complexity index is 1330. The van der Waals surface area contributed by atoms with Gasteiger partial charge in [0.15, 0.2) is 0 Å². The van der Waals surface area contributed by atoms with Crippen molar-refractivity contribution in [3.63, 3.8) is 0 Å². The minimum atomic E-state index is -0.449. The number of amides is 1. The highest BCUT2D eigenvalue weighted by atomic mass is 79.9. The van der Waals surface area contributed by atoms with Crippen LogP contribution in [0.4, 0.5) is 5.69 Å². The van der Waals surface area contributed by atoms with Gasteiger partial charge in [-0.05, 0) is 48.0 Å². The molecule has 0 radical (unpaired) electrons. The Morgan fingerprint density at radius 3 is 2.61 bits per heavy atom. The first-order chi connectivity index (χ1) is 15.0. The minimum absolute atomic E-state index is 0.0365. The van der Waals surface area contributed by atoms with Gasteiger partial charge in [-0.15, -0.1) is 0 Å². The molecule has 1 amide bonds. The molecule has 0 saturated heterocycles. The summed E-state index contributed by atoms with van der Waals surface area (Å²) in [4.78, 5) is 12.7. The van der Waals surface area contributed by atoms with Crippen LogP contribution in [0.2, 0.25) is 5.02 Å². The van der Waals surface area contributed by atoms with E-state index in [1.807, 2.05) is 72.9 Å². The first-order valence-corrected chi connectivity index (χ1v) is 10.7. The lowest BCUT2D eigenvalue weighted by Gasteiger charge is -2.05. The van der Waals surface area contributed by atoms with Gasteiger partial charge < -0.3 is 9.88 Å². The van der Waals surface area contributed by atoms with E-state index < -0.39 is 5.91 Å². The van der Waals surface area contributed by atoms with E-state index >= 15 is 0 Å². The Hall–Kier alpha value is -3.33. The van der Waals surface area contributed by atoms with Crippen LogP contribution in [0.5, 0.6) is 0 Å². The van der Waals surface area contributed by atoms with E-state index in [2.05, 4.69) is 25.8 Å². The molecule has 0 atom stereocenters. The largest absolute Gasteiger partial charge is 0.342 e. The van der Waals surface area contributed by atoms with Crippen LogP contribution in [0.25, 0.3) is 17.0 Å². The number of nitriles is 1.